The molecule has 1 aromatic rings. The average molecular weight is 314 g/mol. The second-order valence-corrected chi connectivity index (χ2v) is 4.49. The predicted molar refractivity (Wildman–Crippen MR) is 74.1 cm³/mol. The van der Waals surface area contributed by atoms with Crippen molar-refractivity contribution in [2.45, 2.75) is 19.8 Å². The number of hydrogen-bond acceptors (Lipinski definition) is 3. The van der Waals surface area contributed by atoms with Gasteiger partial charge in [0.25, 0.3) is 0 Å². The standard InChI is InChI=1S/C13H16BrNO3/c1-2-9-18-13(17)10-3-5-11(6-4-10)15-12(16)7-8-14/h3-6H,2,7-9H2,1H3,(H,15,16). The zero-order chi connectivity index (χ0) is 13.4. The van der Waals surface area contributed by atoms with E-state index >= 15 is 0 Å². The van der Waals surface area contributed by atoms with E-state index < -0.39 is 0 Å². The second-order valence-electron chi connectivity index (χ2n) is 3.70. The van der Waals surface area contributed by atoms with Gasteiger partial charge in [-0.15, -0.1) is 0 Å². The summed E-state index contributed by atoms with van der Waals surface area (Å²) in [7, 11) is 0. The van der Waals surface area contributed by atoms with Crippen LogP contribution >= 0.6 is 15.9 Å². The van der Waals surface area contributed by atoms with Crippen LogP contribution in [0.5, 0.6) is 0 Å². The Kier molecular flexibility index (Phi) is 6.43. The molecule has 0 bridgehead atoms. The van der Waals surface area contributed by atoms with Crippen LogP contribution in [0.2, 0.25) is 0 Å². The molecule has 1 aromatic carbocycles. The molecule has 0 saturated heterocycles. The Hall–Kier alpha value is -1.36. The number of nitrogens with one attached hydrogen (secondary N) is 1. The Bertz CT molecular complexity index is 403. The molecular formula is C13H16BrNO3. The van der Waals surface area contributed by atoms with Gasteiger partial charge in [-0.25, -0.2) is 4.79 Å². The summed E-state index contributed by atoms with van der Waals surface area (Å²) < 4.78 is 5.00. The molecule has 0 unspecified atom stereocenters. The molecule has 18 heavy (non-hydrogen) atoms. The highest BCUT2D eigenvalue weighted by atomic mass is 79.9. The largest absolute Gasteiger partial charge is 0.462 e. The summed E-state index contributed by atoms with van der Waals surface area (Å²) in [5, 5.41) is 3.36. The number of carbonyl (C=O) groups excluding carboxylic acids is 2. The molecule has 1 N–H and O–H groups in total. The molecule has 0 aromatic heterocycles. The van der Waals surface area contributed by atoms with Crippen LogP contribution in [0.15, 0.2) is 24.3 Å². The molecule has 0 radical (unpaired) electrons. The van der Waals surface area contributed by atoms with E-state index in [1.54, 1.807) is 24.3 Å². The first-order chi connectivity index (χ1) is 8.67. The third-order valence-electron chi connectivity index (χ3n) is 2.16. The maximum absolute atomic E-state index is 11.5. The van der Waals surface area contributed by atoms with Crippen LogP contribution < -0.4 is 5.32 Å². The van der Waals surface area contributed by atoms with Crippen LogP contribution in [-0.2, 0) is 9.53 Å². The van der Waals surface area contributed by atoms with Gasteiger partial charge in [0, 0.05) is 17.4 Å². The number of carbonyl (C=O) groups is 2. The molecule has 98 valence electrons. The van der Waals surface area contributed by atoms with Gasteiger partial charge in [0.15, 0.2) is 0 Å². The molecule has 0 aliphatic heterocycles. The number of alkyl halides is 1. The molecular weight excluding hydrogens is 298 g/mol. The minimum atomic E-state index is -0.338. The molecule has 0 spiro atoms. The molecule has 1 amide bonds. The van der Waals surface area contributed by atoms with Gasteiger partial charge in [0.05, 0.1) is 12.2 Å². The van der Waals surface area contributed by atoms with Crippen molar-refractivity contribution < 1.29 is 14.3 Å². The quantitative estimate of drug-likeness (QED) is 0.649. The maximum atomic E-state index is 11.5. The predicted octanol–water partition coefficient (Wildman–Crippen LogP) is 2.98. The Balaban J connectivity index is 2.57. The lowest BCUT2D eigenvalue weighted by Crippen LogP contribution is -2.12. The summed E-state index contributed by atoms with van der Waals surface area (Å²) in [4.78, 5) is 22.9. The number of hydrogen-bond donors (Lipinski definition) is 1. The average Bonchev–Trinajstić information content (AvgIpc) is 2.37. The summed E-state index contributed by atoms with van der Waals surface area (Å²) in [6.45, 7) is 2.36. The van der Waals surface area contributed by atoms with Crippen LogP contribution in [0.3, 0.4) is 0 Å². The maximum Gasteiger partial charge on any atom is 0.338 e. The number of anilines is 1. The fourth-order valence-corrected chi connectivity index (χ4v) is 1.64. The Labute approximate surface area is 115 Å². The van der Waals surface area contributed by atoms with Gasteiger partial charge in [-0.3, -0.25) is 4.79 Å². The van der Waals surface area contributed by atoms with Gasteiger partial charge in [0.2, 0.25) is 5.91 Å². The first-order valence-corrected chi connectivity index (χ1v) is 6.92. The molecule has 5 heteroatoms. The number of rotatable bonds is 6. The zero-order valence-corrected chi connectivity index (χ0v) is 11.8. The molecule has 0 aliphatic rings. The van der Waals surface area contributed by atoms with E-state index in [4.69, 9.17) is 4.74 Å². The number of halogens is 1. The third kappa shape index (κ3) is 4.87. The Morgan fingerprint density at radius 2 is 1.94 bits per heavy atom. The van der Waals surface area contributed by atoms with Crippen molar-refractivity contribution in [2.75, 3.05) is 17.3 Å². The number of ether oxygens (including phenoxy) is 1. The van der Waals surface area contributed by atoms with Gasteiger partial charge in [0.1, 0.15) is 0 Å². The molecule has 0 saturated carbocycles. The van der Waals surface area contributed by atoms with E-state index in [1.165, 1.54) is 0 Å². The van der Waals surface area contributed by atoms with Crippen LogP contribution in [0.25, 0.3) is 0 Å². The summed E-state index contributed by atoms with van der Waals surface area (Å²) in [6, 6.07) is 6.66. The SMILES string of the molecule is CCCOC(=O)c1ccc(NC(=O)CCBr)cc1. The normalized spacial score (nSPS) is 9.89. The summed E-state index contributed by atoms with van der Waals surface area (Å²) in [6.07, 6.45) is 1.21. The fourth-order valence-electron chi connectivity index (χ4n) is 1.28. The van der Waals surface area contributed by atoms with Crippen LogP contribution in [0.4, 0.5) is 5.69 Å². The van der Waals surface area contributed by atoms with E-state index in [2.05, 4.69) is 21.2 Å². The van der Waals surface area contributed by atoms with Crippen LogP contribution in [0.1, 0.15) is 30.1 Å². The number of esters is 1. The summed E-state index contributed by atoms with van der Waals surface area (Å²) >= 11 is 3.20. The Morgan fingerprint density at radius 1 is 1.28 bits per heavy atom. The topological polar surface area (TPSA) is 55.4 Å². The highest BCUT2D eigenvalue weighted by Gasteiger charge is 2.07. The first kappa shape index (κ1) is 14.7. The highest BCUT2D eigenvalue weighted by Crippen LogP contribution is 2.11. The lowest BCUT2D eigenvalue weighted by atomic mass is 10.2. The minimum Gasteiger partial charge on any atom is -0.462 e. The van der Waals surface area contributed by atoms with E-state index in [9.17, 15) is 9.59 Å². The van der Waals surface area contributed by atoms with Gasteiger partial charge in [-0.05, 0) is 30.7 Å². The van der Waals surface area contributed by atoms with Crippen molar-refractivity contribution in [2.24, 2.45) is 0 Å². The van der Waals surface area contributed by atoms with E-state index in [-0.39, 0.29) is 11.9 Å². The smallest absolute Gasteiger partial charge is 0.338 e. The summed E-state index contributed by atoms with van der Waals surface area (Å²) in [5.74, 6) is -0.400. The van der Waals surface area contributed by atoms with Crippen molar-refractivity contribution >= 4 is 33.5 Å². The van der Waals surface area contributed by atoms with Crippen molar-refractivity contribution in [3.05, 3.63) is 29.8 Å². The molecule has 0 atom stereocenters. The second kappa shape index (κ2) is 7.87. The highest BCUT2D eigenvalue weighted by molar-refractivity contribution is 9.09. The fraction of sp³-hybridized carbons (Fsp3) is 0.385. The van der Waals surface area contributed by atoms with Gasteiger partial charge in [-0.2, -0.15) is 0 Å². The summed E-state index contributed by atoms with van der Waals surface area (Å²) in [5.41, 5.74) is 1.16. The van der Waals surface area contributed by atoms with Crippen LogP contribution in [-0.4, -0.2) is 23.8 Å². The van der Waals surface area contributed by atoms with Crippen LogP contribution in [0, 0.1) is 0 Å². The first-order valence-electron chi connectivity index (χ1n) is 5.80. The minimum absolute atomic E-state index is 0.0619. The molecule has 4 nitrogen and oxygen atoms in total. The molecule has 0 fully saturated rings. The molecule has 0 aliphatic carbocycles. The monoisotopic (exact) mass is 313 g/mol. The number of amides is 1. The lowest BCUT2D eigenvalue weighted by molar-refractivity contribution is -0.115. The van der Waals surface area contributed by atoms with Crippen molar-refractivity contribution in [1.29, 1.82) is 0 Å². The molecule has 1 rings (SSSR count). The zero-order valence-electron chi connectivity index (χ0n) is 10.2. The third-order valence-corrected chi connectivity index (χ3v) is 2.56. The van der Waals surface area contributed by atoms with Gasteiger partial charge in [-0.1, -0.05) is 22.9 Å². The van der Waals surface area contributed by atoms with Crippen molar-refractivity contribution in [3.8, 4) is 0 Å². The Morgan fingerprint density at radius 3 is 2.50 bits per heavy atom. The van der Waals surface area contributed by atoms with Gasteiger partial charge < -0.3 is 10.1 Å². The molecule has 0 heterocycles. The lowest BCUT2D eigenvalue weighted by Gasteiger charge is -2.06. The van der Waals surface area contributed by atoms with E-state index in [0.717, 1.165) is 6.42 Å². The van der Waals surface area contributed by atoms with E-state index in [0.29, 0.717) is 29.6 Å². The number of benzene rings is 1. The van der Waals surface area contributed by atoms with Crippen molar-refractivity contribution in [1.82, 2.24) is 0 Å². The van der Waals surface area contributed by atoms with Crippen molar-refractivity contribution in [3.63, 3.8) is 0 Å². The van der Waals surface area contributed by atoms with Gasteiger partial charge >= 0.3 is 5.97 Å². The van der Waals surface area contributed by atoms with E-state index in [1.807, 2.05) is 6.92 Å².